The predicted molar refractivity (Wildman–Crippen MR) is 143 cm³/mol. The summed E-state index contributed by atoms with van der Waals surface area (Å²) in [6, 6.07) is 9.93. The first-order valence-corrected chi connectivity index (χ1v) is 12.6. The first-order valence-electron chi connectivity index (χ1n) is 12.2. The molecule has 1 aliphatic rings. The number of anilines is 1. The first kappa shape index (κ1) is 27.6. The molecule has 41 heavy (non-hydrogen) atoms. The third-order valence-corrected chi connectivity index (χ3v) is 6.96. The number of primary amides is 1. The molecule has 2 aromatic carbocycles. The van der Waals surface area contributed by atoms with Gasteiger partial charge < -0.3 is 21.1 Å². The molecule has 14 heteroatoms. The van der Waals surface area contributed by atoms with E-state index < -0.39 is 54.8 Å². The minimum atomic E-state index is -1.52. The van der Waals surface area contributed by atoms with E-state index in [0.717, 1.165) is 9.58 Å². The van der Waals surface area contributed by atoms with Crippen LogP contribution < -0.4 is 11.1 Å². The largest absolute Gasteiger partial charge is 0.478 e. The van der Waals surface area contributed by atoms with Gasteiger partial charge in [0.1, 0.15) is 18.8 Å². The third-order valence-electron chi connectivity index (χ3n) is 6.66. The van der Waals surface area contributed by atoms with Crippen molar-refractivity contribution in [2.45, 2.75) is 25.2 Å². The molecule has 1 fully saturated rings. The quantitative estimate of drug-likeness (QED) is 0.301. The van der Waals surface area contributed by atoms with Crippen LogP contribution in [0.2, 0.25) is 5.02 Å². The number of rotatable bonds is 7. The average molecular weight is 583 g/mol. The highest BCUT2D eigenvalue weighted by Crippen LogP contribution is 2.32. The highest BCUT2D eigenvalue weighted by atomic mass is 35.5. The third kappa shape index (κ3) is 5.31. The summed E-state index contributed by atoms with van der Waals surface area (Å²) in [5.74, 6) is -4.51. The van der Waals surface area contributed by atoms with Crippen LogP contribution in [0.4, 0.5) is 14.5 Å². The molecule has 0 bridgehead atoms. The molecule has 0 radical (unpaired) electrons. The number of aromatic nitrogens is 3. The van der Waals surface area contributed by atoms with Crippen LogP contribution in [0.5, 0.6) is 0 Å². The van der Waals surface area contributed by atoms with Gasteiger partial charge in [-0.15, -0.1) is 0 Å². The number of likely N-dealkylation sites (tertiary alicyclic amines) is 1. The highest BCUT2D eigenvalue weighted by Gasteiger charge is 2.40. The van der Waals surface area contributed by atoms with Crippen LogP contribution in [-0.2, 0) is 16.1 Å². The van der Waals surface area contributed by atoms with Crippen molar-refractivity contribution in [3.05, 3.63) is 76.8 Å². The normalized spacial score (nSPS) is 16.6. The Morgan fingerprint density at radius 1 is 1.15 bits per heavy atom. The molecule has 2 atom stereocenters. The van der Waals surface area contributed by atoms with Crippen LogP contribution in [0.25, 0.3) is 22.2 Å². The summed E-state index contributed by atoms with van der Waals surface area (Å²) in [5, 5.41) is 16.1. The fourth-order valence-corrected chi connectivity index (χ4v) is 4.98. The van der Waals surface area contributed by atoms with Crippen molar-refractivity contribution in [3.8, 4) is 11.3 Å². The van der Waals surface area contributed by atoms with E-state index in [0.29, 0.717) is 0 Å². The molecule has 1 aliphatic heterocycles. The van der Waals surface area contributed by atoms with Crippen molar-refractivity contribution in [1.82, 2.24) is 19.7 Å². The monoisotopic (exact) mass is 582 g/mol. The van der Waals surface area contributed by atoms with Crippen molar-refractivity contribution in [2.24, 2.45) is 5.73 Å². The van der Waals surface area contributed by atoms with Crippen LogP contribution in [0, 0.1) is 5.82 Å². The summed E-state index contributed by atoms with van der Waals surface area (Å²) in [7, 11) is 0. The second-order valence-corrected chi connectivity index (χ2v) is 9.70. The van der Waals surface area contributed by atoms with Crippen LogP contribution in [0.15, 0.2) is 54.7 Å². The lowest BCUT2D eigenvalue weighted by Crippen LogP contribution is -2.44. The Bertz CT molecular complexity index is 1730. The average Bonchev–Trinajstić information content (AvgIpc) is 3.51. The molecule has 210 valence electrons. The summed E-state index contributed by atoms with van der Waals surface area (Å²) < 4.78 is 31.0. The number of carboxylic acids is 1. The van der Waals surface area contributed by atoms with Gasteiger partial charge in [-0.25, -0.2) is 13.6 Å². The Balaban J connectivity index is 1.39. The van der Waals surface area contributed by atoms with Gasteiger partial charge in [0.25, 0.3) is 5.91 Å². The number of nitrogens with two attached hydrogens (primary N) is 1. The van der Waals surface area contributed by atoms with E-state index in [4.69, 9.17) is 17.3 Å². The Morgan fingerprint density at radius 3 is 2.63 bits per heavy atom. The molecule has 4 aromatic rings. The Labute approximate surface area is 235 Å². The van der Waals surface area contributed by atoms with Gasteiger partial charge in [-0.3, -0.25) is 24.0 Å². The van der Waals surface area contributed by atoms with Crippen LogP contribution >= 0.6 is 11.6 Å². The molecular formula is C27H21ClF2N6O5. The maximum Gasteiger partial charge on any atom is 0.335 e. The van der Waals surface area contributed by atoms with E-state index in [9.17, 15) is 28.7 Å². The maximum absolute atomic E-state index is 15.3. The molecule has 0 aliphatic carbocycles. The van der Waals surface area contributed by atoms with Crippen molar-refractivity contribution < 1.29 is 33.1 Å². The molecule has 11 nitrogen and oxygen atoms in total. The molecule has 2 aromatic heterocycles. The summed E-state index contributed by atoms with van der Waals surface area (Å²) in [6.07, 6.45) is -0.401. The number of carbonyl (C=O) groups excluding carboxylic acids is 3. The summed E-state index contributed by atoms with van der Waals surface area (Å²) in [5.41, 5.74) is 5.26. The zero-order valence-electron chi connectivity index (χ0n) is 21.1. The number of fused-ring (bicyclic) bond motifs is 1. The number of aromatic carboxylic acids is 1. The van der Waals surface area contributed by atoms with Crippen molar-refractivity contribution in [2.75, 3.05) is 11.9 Å². The lowest BCUT2D eigenvalue weighted by molar-refractivity contribution is -0.137. The molecule has 5 rings (SSSR count). The van der Waals surface area contributed by atoms with Crippen molar-refractivity contribution >= 4 is 51.9 Å². The zero-order chi connectivity index (χ0) is 29.4. The van der Waals surface area contributed by atoms with Gasteiger partial charge in [-0.05, 0) is 42.5 Å². The van der Waals surface area contributed by atoms with E-state index in [2.05, 4.69) is 15.4 Å². The minimum absolute atomic E-state index is 0.0398. The minimum Gasteiger partial charge on any atom is -0.478 e. The van der Waals surface area contributed by atoms with Crippen LogP contribution in [0.1, 0.15) is 27.3 Å². The fourth-order valence-electron chi connectivity index (χ4n) is 4.75. The number of nitrogens with one attached hydrogen (secondary N) is 1. The molecule has 3 heterocycles. The van der Waals surface area contributed by atoms with Gasteiger partial charge in [0.05, 0.1) is 34.0 Å². The molecule has 2 unspecified atom stereocenters. The molecule has 1 saturated heterocycles. The lowest BCUT2D eigenvalue weighted by atomic mass is 10.1. The smallest absolute Gasteiger partial charge is 0.335 e. The zero-order valence-corrected chi connectivity index (χ0v) is 21.8. The van der Waals surface area contributed by atoms with E-state index in [1.165, 1.54) is 48.7 Å². The highest BCUT2D eigenvalue weighted by molar-refractivity contribution is 6.33. The molecular weight excluding hydrogens is 562 g/mol. The summed E-state index contributed by atoms with van der Waals surface area (Å²) >= 11 is 6.14. The number of carbonyl (C=O) groups is 4. The van der Waals surface area contributed by atoms with Gasteiger partial charge in [0, 0.05) is 23.6 Å². The molecule has 0 saturated carbocycles. The number of pyridine rings is 1. The first-order chi connectivity index (χ1) is 19.5. The molecule has 3 amide bonds. The van der Waals surface area contributed by atoms with E-state index in [1.807, 2.05) is 0 Å². The number of benzene rings is 2. The number of amides is 3. The Hall–Kier alpha value is -4.91. The van der Waals surface area contributed by atoms with Gasteiger partial charge in [0.2, 0.25) is 11.8 Å². The number of carboxylic acid groups (broad SMARTS) is 1. The van der Waals surface area contributed by atoms with E-state index >= 15 is 4.39 Å². The summed E-state index contributed by atoms with van der Waals surface area (Å²) in [6.45, 7) is -0.900. The number of hydrogen-bond donors (Lipinski definition) is 3. The van der Waals surface area contributed by atoms with Crippen LogP contribution in [-0.4, -0.2) is 67.2 Å². The van der Waals surface area contributed by atoms with Gasteiger partial charge in [-0.1, -0.05) is 17.7 Å². The summed E-state index contributed by atoms with van der Waals surface area (Å²) in [4.78, 5) is 54.9. The second-order valence-electron chi connectivity index (χ2n) is 9.29. The van der Waals surface area contributed by atoms with Gasteiger partial charge in [0.15, 0.2) is 11.5 Å². The Morgan fingerprint density at radius 2 is 1.93 bits per heavy atom. The van der Waals surface area contributed by atoms with Gasteiger partial charge >= 0.3 is 5.97 Å². The number of halogens is 3. The number of hydrogen-bond acceptors (Lipinski definition) is 6. The second kappa shape index (κ2) is 10.9. The standard InChI is InChI=1S/C27H21ClF2N6O5/c28-17-4-2-8-32-23(17)15-3-1-5-18(22(15)30)33-26(39)20-10-14(29)11-35(20)21(37)12-36-19-7-6-13(27(40)41)9-16(19)24(34-36)25(31)38/h1-9,14,20H,10-12H2,(H2,31,38)(H,33,39)(H,40,41). The number of nitrogens with zero attached hydrogens (tertiary/aromatic N) is 4. The lowest BCUT2D eigenvalue weighted by Gasteiger charge is -2.24. The molecule has 4 N–H and O–H groups in total. The Kier molecular flexibility index (Phi) is 7.37. The van der Waals surface area contributed by atoms with Crippen LogP contribution in [0.3, 0.4) is 0 Å². The predicted octanol–water partition coefficient (Wildman–Crippen LogP) is 3.27. The SMILES string of the molecule is NC(=O)c1nn(CC(=O)N2CC(F)CC2C(=O)Nc2cccc(-c3ncccc3Cl)c2F)c2ccc(C(=O)O)cc12. The molecule has 0 spiro atoms. The van der Waals surface area contributed by atoms with Crippen molar-refractivity contribution in [3.63, 3.8) is 0 Å². The maximum atomic E-state index is 15.3. The van der Waals surface area contributed by atoms with E-state index in [1.54, 1.807) is 6.07 Å². The van der Waals surface area contributed by atoms with Gasteiger partial charge in [-0.2, -0.15) is 5.10 Å². The fraction of sp³-hybridized carbons (Fsp3) is 0.185. The van der Waals surface area contributed by atoms with Crippen molar-refractivity contribution in [1.29, 1.82) is 0 Å². The topological polar surface area (TPSA) is 161 Å². The van der Waals surface area contributed by atoms with E-state index in [-0.39, 0.29) is 50.5 Å². The number of alkyl halides is 1.